The molecule has 1 N–H and O–H groups in total. The lowest BCUT2D eigenvalue weighted by Crippen LogP contribution is -2.45. The van der Waals surface area contributed by atoms with E-state index in [-0.39, 0.29) is 5.54 Å². The Hall–Kier alpha value is -0.730. The van der Waals surface area contributed by atoms with E-state index in [0.717, 1.165) is 6.42 Å². The Morgan fingerprint density at radius 2 is 1.63 bits per heavy atom. The van der Waals surface area contributed by atoms with Crippen LogP contribution in [0.5, 0.6) is 0 Å². The minimum atomic E-state index is 0.0801. The van der Waals surface area contributed by atoms with Crippen LogP contribution in [0.2, 0.25) is 0 Å². The van der Waals surface area contributed by atoms with E-state index in [2.05, 4.69) is 43.0 Å². The van der Waals surface area contributed by atoms with Crippen molar-refractivity contribution in [1.82, 2.24) is 5.32 Å². The second kappa shape index (κ2) is 11.1. The first-order valence-electron chi connectivity index (χ1n) is 7.78. The molecule has 1 unspecified atom stereocenters. The molecule has 0 amide bonds. The minimum absolute atomic E-state index is 0.0801. The Bertz CT molecular complexity index is 251. The Morgan fingerprint density at radius 1 is 1.05 bits per heavy atom. The lowest BCUT2D eigenvalue weighted by Gasteiger charge is -2.27. The fourth-order valence-electron chi connectivity index (χ4n) is 2.30. The maximum absolute atomic E-state index is 8.44. The van der Waals surface area contributed by atoms with Gasteiger partial charge in [0.25, 0.3) is 0 Å². The summed E-state index contributed by atoms with van der Waals surface area (Å²) in [6.07, 6.45) is 10.4. The molecule has 0 aliphatic heterocycles. The van der Waals surface area contributed by atoms with Crippen LogP contribution < -0.4 is 5.32 Å². The highest BCUT2D eigenvalue weighted by atomic mass is 15.1. The first-order chi connectivity index (χ1) is 8.99. The molecule has 0 fully saturated rings. The standard InChI is InChI=1S/C15H32N4/c1-5-6-7-8-9-10-11-12-14(13-17-19-16)18-15(2,3)4/h14,18H,5-13H2,1-4H3. The molecule has 0 spiro atoms. The highest BCUT2D eigenvalue weighted by Crippen LogP contribution is 2.12. The highest BCUT2D eigenvalue weighted by Gasteiger charge is 2.16. The summed E-state index contributed by atoms with van der Waals surface area (Å²) in [5.41, 5.74) is 8.52. The number of nitrogens with one attached hydrogen (secondary N) is 1. The molecule has 4 heteroatoms. The van der Waals surface area contributed by atoms with Gasteiger partial charge < -0.3 is 5.32 Å². The maximum atomic E-state index is 8.44. The number of rotatable bonds is 11. The van der Waals surface area contributed by atoms with Crippen LogP contribution >= 0.6 is 0 Å². The van der Waals surface area contributed by atoms with Crippen molar-refractivity contribution in [3.63, 3.8) is 0 Å². The molecular weight excluding hydrogens is 236 g/mol. The smallest absolute Gasteiger partial charge is 0.0412 e. The van der Waals surface area contributed by atoms with Crippen molar-refractivity contribution in [2.45, 2.75) is 90.6 Å². The van der Waals surface area contributed by atoms with Crippen molar-refractivity contribution in [2.75, 3.05) is 6.54 Å². The van der Waals surface area contributed by atoms with Crippen molar-refractivity contribution in [3.8, 4) is 0 Å². The normalized spacial score (nSPS) is 13.1. The molecule has 0 aromatic rings. The van der Waals surface area contributed by atoms with E-state index in [0.29, 0.717) is 12.6 Å². The van der Waals surface area contributed by atoms with Gasteiger partial charge in [0.15, 0.2) is 0 Å². The number of hydrogen-bond donors (Lipinski definition) is 1. The summed E-state index contributed by atoms with van der Waals surface area (Å²) in [6, 6.07) is 0.312. The van der Waals surface area contributed by atoms with Gasteiger partial charge >= 0.3 is 0 Å². The second-order valence-corrected chi connectivity index (χ2v) is 6.41. The molecule has 0 saturated carbocycles. The molecular formula is C15H32N4. The highest BCUT2D eigenvalue weighted by molar-refractivity contribution is 4.79. The summed E-state index contributed by atoms with van der Waals surface area (Å²) in [7, 11) is 0. The summed E-state index contributed by atoms with van der Waals surface area (Å²) in [5.74, 6) is 0. The zero-order valence-electron chi connectivity index (χ0n) is 13.3. The van der Waals surface area contributed by atoms with Crippen LogP contribution in [0.15, 0.2) is 5.11 Å². The summed E-state index contributed by atoms with van der Waals surface area (Å²) in [5, 5.41) is 7.25. The lowest BCUT2D eigenvalue weighted by molar-refractivity contribution is 0.341. The van der Waals surface area contributed by atoms with Gasteiger partial charge in [0.1, 0.15) is 0 Å². The van der Waals surface area contributed by atoms with E-state index in [9.17, 15) is 0 Å². The van der Waals surface area contributed by atoms with Gasteiger partial charge in [0.2, 0.25) is 0 Å². The fraction of sp³-hybridized carbons (Fsp3) is 1.00. The molecule has 0 aliphatic rings. The Balaban J connectivity index is 3.76. The van der Waals surface area contributed by atoms with Crippen LogP contribution in [0.3, 0.4) is 0 Å². The van der Waals surface area contributed by atoms with E-state index >= 15 is 0 Å². The van der Waals surface area contributed by atoms with Gasteiger partial charge in [-0.05, 0) is 32.7 Å². The zero-order valence-corrected chi connectivity index (χ0v) is 13.3. The molecule has 0 bridgehead atoms. The van der Waals surface area contributed by atoms with Gasteiger partial charge in [-0.2, -0.15) is 0 Å². The molecule has 0 heterocycles. The third-order valence-corrected chi connectivity index (χ3v) is 3.16. The molecule has 1 atom stereocenters. The Kier molecular flexibility index (Phi) is 10.7. The van der Waals surface area contributed by atoms with E-state index in [1.54, 1.807) is 0 Å². The van der Waals surface area contributed by atoms with Crippen molar-refractivity contribution in [1.29, 1.82) is 0 Å². The predicted octanol–water partition coefficient (Wildman–Crippen LogP) is 5.19. The average molecular weight is 268 g/mol. The van der Waals surface area contributed by atoms with E-state index < -0.39 is 0 Å². The predicted molar refractivity (Wildman–Crippen MR) is 83.3 cm³/mol. The minimum Gasteiger partial charge on any atom is -0.309 e. The van der Waals surface area contributed by atoms with Gasteiger partial charge in [0.05, 0.1) is 0 Å². The molecule has 0 aromatic carbocycles. The quantitative estimate of drug-likeness (QED) is 0.238. The molecule has 0 rings (SSSR count). The zero-order chi connectivity index (χ0) is 14.6. The summed E-state index contributed by atoms with van der Waals surface area (Å²) < 4.78 is 0. The van der Waals surface area contributed by atoms with Crippen LogP contribution in [0.1, 0.15) is 79.1 Å². The van der Waals surface area contributed by atoms with E-state index in [4.69, 9.17) is 5.53 Å². The Morgan fingerprint density at radius 3 is 2.16 bits per heavy atom. The SMILES string of the molecule is CCCCCCCCCC(CN=[N+]=[N-])NC(C)(C)C. The summed E-state index contributed by atoms with van der Waals surface area (Å²) in [4.78, 5) is 2.87. The molecule has 0 saturated heterocycles. The molecule has 19 heavy (non-hydrogen) atoms. The molecule has 0 radical (unpaired) electrons. The van der Waals surface area contributed by atoms with Crippen LogP contribution in [-0.4, -0.2) is 18.1 Å². The molecule has 0 aliphatic carbocycles. The summed E-state index contributed by atoms with van der Waals surface area (Å²) in [6.45, 7) is 9.27. The first kappa shape index (κ1) is 18.3. The summed E-state index contributed by atoms with van der Waals surface area (Å²) >= 11 is 0. The number of unbranched alkanes of at least 4 members (excludes halogenated alkanes) is 6. The van der Waals surface area contributed by atoms with Gasteiger partial charge in [0, 0.05) is 23.0 Å². The van der Waals surface area contributed by atoms with Gasteiger partial charge in [-0.3, -0.25) is 0 Å². The van der Waals surface area contributed by atoms with Crippen molar-refractivity contribution in [2.24, 2.45) is 5.11 Å². The van der Waals surface area contributed by atoms with Crippen molar-refractivity contribution < 1.29 is 0 Å². The third kappa shape index (κ3) is 13.5. The lowest BCUT2D eigenvalue weighted by atomic mass is 10.0. The van der Waals surface area contributed by atoms with Gasteiger partial charge in [-0.15, -0.1) is 0 Å². The van der Waals surface area contributed by atoms with Crippen LogP contribution in [-0.2, 0) is 0 Å². The largest absolute Gasteiger partial charge is 0.309 e. The van der Waals surface area contributed by atoms with E-state index in [1.807, 2.05) is 0 Å². The average Bonchev–Trinajstić information content (AvgIpc) is 2.33. The van der Waals surface area contributed by atoms with Crippen molar-refractivity contribution >= 4 is 0 Å². The first-order valence-corrected chi connectivity index (χ1v) is 7.78. The molecule has 0 aromatic heterocycles. The molecule has 112 valence electrons. The van der Waals surface area contributed by atoms with Crippen LogP contribution in [0, 0.1) is 0 Å². The van der Waals surface area contributed by atoms with E-state index in [1.165, 1.54) is 44.9 Å². The van der Waals surface area contributed by atoms with Crippen LogP contribution in [0.25, 0.3) is 10.4 Å². The maximum Gasteiger partial charge on any atom is 0.0412 e. The fourth-order valence-corrected chi connectivity index (χ4v) is 2.30. The van der Waals surface area contributed by atoms with Gasteiger partial charge in [-0.1, -0.05) is 57.0 Å². The third-order valence-electron chi connectivity index (χ3n) is 3.16. The van der Waals surface area contributed by atoms with Crippen LogP contribution in [0.4, 0.5) is 0 Å². The number of azide groups is 1. The monoisotopic (exact) mass is 268 g/mol. The Labute approximate surface area is 119 Å². The van der Waals surface area contributed by atoms with Crippen molar-refractivity contribution in [3.05, 3.63) is 10.4 Å². The second-order valence-electron chi connectivity index (χ2n) is 6.41. The molecule has 4 nitrogen and oxygen atoms in total. The topological polar surface area (TPSA) is 60.8 Å². The number of hydrogen-bond acceptors (Lipinski definition) is 2. The van der Waals surface area contributed by atoms with Gasteiger partial charge in [-0.25, -0.2) is 0 Å². The number of nitrogens with zero attached hydrogens (tertiary/aromatic N) is 3.